The lowest BCUT2D eigenvalue weighted by Crippen LogP contribution is -2.22. The molecule has 1 aromatic carbocycles. The van der Waals surface area contributed by atoms with Crippen LogP contribution in [0, 0.1) is 0 Å². The topological polar surface area (TPSA) is 59.8 Å². The number of halogens is 1. The molecule has 0 fully saturated rings. The molecule has 0 aliphatic rings. The fraction of sp³-hybridized carbons (Fsp3) is 0.308. The van der Waals surface area contributed by atoms with Gasteiger partial charge in [0.1, 0.15) is 0 Å². The number of hydrogen-bond donors (Lipinski definition) is 1. The van der Waals surface area contributed by atoms with Crippen LogP contribution in [0.1, 0.15) is 6.92 Å². The summed E-state index contributed by atoms with van der Waals surface area (Å²) in [6, 6.07) is 7.49. The molecule has 1 heterocycles. The van der Waals surface area contributed by atoms with Gasteiger partial charge in [-0.2, -0.15) is 0 Å². The van der Waals surface area contributed by atoms with Crippen LogP contribution in [0.4, 0.5) is 0 Å². The molecule has 7 heteroatoms. The molecule has 1 N–H and O–H groups in total. The molecule has 0 radical (unpaired) electrons. The maximum absolute atomic E-state index is 10.8. The van der Waals surface area contributed by atoms with Crippen molar-refractivity contribution >= 4 is 29.3 Å². The molecule has 0 atom stereocenters. The minimum Gasteiger partial charge on any atom is -0.356 e. The molecule has 0 aliphatic heterocycles. The minimum absolute atomic E-state index is 0.0228. The maximum Gasteiger partial charge on any atom is 0.216 e. The summed E-state index contributed by atoms with van der Waals surface area (Å²) in [5.74, 6) is 1.53. The third-order valence-corrected chi connectivity index (χ3v) is 3.92. The van der Waals surface area contributed by atoms with Gasteiger partial charge in [0.05, 0.1) is 0 Å². The van der Waals surface area contributed by atoms with Gasteiger partial charge in [0.2, 0.25) is 5.91 Å². The van der Waals surface area contributed by atoms with E-state index in [4.69, 9.17) is 11.6 Å². The molecule has 5 nitrogen and oxygen atoms in total. The van der Waals surface area contributed by atoms with Gasteiger partial charge in [-0.1, -0.05) is 23.4 Å². The fourth-order valence-corrected chi connectivity index (χ4v) is 2.55. The Bertz CT molecular complexity index is 597. The maximum atomic E-state index is 10.8. The average Bonchev–Trinajstić information content (AvgIpc) is 2.77. The lowest BCUT2D eigenvalue weighted by Gasteiger charge is -2.04. The van der Waals surface area contributed by atoms with Crippen molar-refractivity contribution in [1.82, 2.24) is 20.1 Å². The highest BCUT2D eigenvalue weighted by Crippen LogP contribution is 2.23. The second kappa shape index (κ2) is 6.76. The molecule has 1 amide bonds. The second-order valence-electron chi connectivity index (χ2n) is 4.20. The second-order valence-corrected chi connectivity index (χ2v) is 5.70. The zero-order valence-corrected chi connectivity index (χ0v) is 12.8. The van der Waals surface area contributed by atoms with E-state index >= 15 is 0 Å². The first-order chi connectivity index (χ1) is 9.58. The molecule has 20 heavy (non-hydrogen) atoms. The Balaban J connectivity index is 2.03. The van der Waals surface area contributed by atoms with Gasteiger partial charge in [-0.25, -0.2) is 0 Å². The summed E-state index contributed by atoms with van der Waals surface area (Å²) in [6.45, 7) is 2.12. The van der Waals surface area contributed by atoms with Gasteiger partial charge in [-0.15, -0.1) is 10.2 Å². The quantitative estimate of drug-likeness (QED) is 0.680. The first kappa shape index (κ1) is 14.9. The number of aromatic nitrogens is 3. The summed E-state index contributed by atoms with van der Waals surface area (Å²) in [7, 11) is 1.92. The molecule has 0 saturated heterocycles. The third-order valence-electron chi connectivity index (χ3n) is 2.64. The summed E-state index contributed by atoms with van der Waals surface area (Å²) in [4.78, 5) is 10.8. The Labute approximate surface area is 126 Å². The Hall–Kier alpha value is -1.53. The summed E-state index contributed by atoms with van der Waals surface area (Å²) >= 11 is 7.43. The van der Waals surface area contributed by atoms with Crippen molar-refractivity contribution < 1.29 is 4.79 Å². The van der Waals surface area contributed by atoms with Crippen LogP contribution in [0.15, 0.2) is 29.4 Å². The number of thioether (sulfide) groups is 1. The van der Waals surface area contributed by atoms with Crippen LogP contribution < -0.4 is 5.32 Å². The number of hydrogen-bond acceptors (Lipinski definition) is 4. The first-order valence-electron chi connectivity index (χ1n) is 6.10. The monoisotopic (exact) mass is 310 g/mol. The van der Waals surface area contributed by atoms with E-state index in [-0.39, 0.29) is 5.91 Å². The molecule has 0 saturated carbocycles. The van der Waals surface area contributed by atoms with Crippen LogP contribution in [-0.2, 0) is 11.8 Å². The summed E-state index contributed by atoms with van der Waals surface area (Å²) in [5.41, 5.74) is 0.970. The molecule has 1 aromatic heterocycles. The average molecular weight is 311 g/mol. The molecule has 106 valence electrons. The van der Waals surface area contributed by atoms with Crippen LogP contribution in [-0.4, -0.2) is 33.0 Å². The minimum atomic E-state index is -0.0228. The van der Waals surface area contributed by atoms with E-state index < -0.39 is 0 Å². The van der Waals surface area contributed by atoms with Crippen LogP contribution in [0.2, 0.25) is 5.02 Å². The Morgan fingerprint density at radius 1 is 1.35 bits per heavy atom. The van der Waals surface area contributed by atoms with E-state index in [0.717, 1.165) is 22.3 Å². The number of amides is 1. The van der Waals surface area contributed by atoms with E-state index in [1.165, 1.54) is 6.92 Å². The zero-order valence-electron chi connectivity index (χ0n) is 11.3. The van der Waals surface area contributed by atoms with Crippen LogP contribution in [0.25, 0.3) is 11.4 Å². The number of carbonyl (C=O) groups is 1. The van der Waals surface area contributed by atoms with Gasteiger partial charge in [-0.3, -0.25) is 4.79 Å². The van der Waals surface area contributed by atoms with E-state index in [1.807, 2.05) is 35.9 Å². The fourth-order valence-electron chi connectivity index (χ4n) is 1.66. The number of nitrogens with zero attached hydrogens (tertiary/aromatic N) is 3. The molecule has 2 rings (SSSR count). The van der Waals surface area contributed by atoms with Gasteiger partial charge in [0.15, 0.2) is 11.0 Å². The smallest absolute Gasteiger partial charge is 0.216 e. The first-order valence-corrected chi connectivity index (χ1v) is 7.47. The van der Waals surface area contributed by atoms with E-state index in [2.05, 4.69) is 15.5 Å². The van der Waals surface area contributed by atoms with Crippen molar-refractivity contribution in [2.45, 2.75) is 12.1 Å². The number of benzene rings is 1. The number of carbonyl (C=O) groups excluding carboxylic acids is 1. The lowest BCUT2D eigenvalue weighted by molar-refractivity contribution is -0.118. The highest BCUT2D eigenvalue weighted by atomic mass is 35.5. The Morgan fingerprint density at radius 3 is 2.70 bits per heavy atom. The standard InChI is InChI=1S/C13H15ClN4OS/c1-9(19)15-7-8-20-13-17-16-12(18(13)2)10-3-5-11(14)6-4-10/h3-6H,7-8H2,1-2H3,(H,15,19). The van der Waals surface area contributed by atoms with Gasteiger partial charge in [0, 0.05) is 36.9 Å². The molecule has 0 aliphatic carbocycles. The van der Waals surface area contributed by atoms with Crippen molar-refractivity contribution in [2.24, 2.45) is 7.05 Å². The van der Waals surface area contributed by atoms with Crippen molar-refractivity contribution in [3.8, 4) is 11.4 Å². The third kappa shape index (κ3) is 3.74. The Morgan fingerprint density at radius 2 is 2.05 bits per heavy atom. The van der Waals surface area contributed by atoms with Crippen LogP contribution >= 0.6 is 23.4 Å². The largest absolute Gasteiger partial charge is 0.356 e. The summed E-state index contributed by atoms with van der Waals surface area (Å²) < 4.78 is 1.93. The van der Waals surface area contributed by atoms with Gasteiger partial charge >= 0.3 is 0 Å². The Kier molecular flexibility index (Phi) is 5.03. The summed E-state index contributed by atoms with van der Waals surface area (Å²) in [6.07, 6.45) is 0. The molecule has 2 aromatic rings. The van der Waals surface area contributed by atoms with Gasteiger partial charge < -0.3 is 9.88 Å². The van der Waals surface area contributed by atoms with Crippen molar-refractivity contribution in [1.29, 1.82) is 0 Å². The molecule has 0 spiro atoms. The normalized spacial score (nSPS) is 10.6. The highest BCUT2D eigenvalue weighted by molar-refractivity contribution is 7.99. The van der Waals surface area contributed by atoms with Crippen LogP contribution in [0.3, 0.4) is 0 Å². The van der Waals surface area contributed by atoms with Crippen LogP contribution in [0.5, 0.6) is 0 Å². The van der Waals surface area contributed by atoms with Crippen molar-refractivity contribution in [3.05, 3.63) is 29.3 Å². The van der Waals surface area contributed by atoms with E-state index in [0.29, 0.717) is 11.6 Å². The number of rotatable bonds is 5. The van der Waals surface area contributed by atoms with Gasteiger partial charge in [0.25, 0.3) is 0 Å². The van der Waals surface area contributed by atoms with E-state index in [9.17, 15) is 4.79 Å². The predicted molar refractivity (Wildman–Crippen MR) is 80.9 cm³/mol. The summed E-state index contributed by atoms with van der Waals surface area (Å²) in [5, 5.41) is 12.6. The lowest BCUT2D eigenvalue weighted by atomic mass is 10.2. The van der Waals surface area contributed by atoms with Crippen molar-refractivity contribution in [3.63, 3.8) is 0 Å². The highest BCUT2D eigenvalue weighted by Gasteiger charge is 2.10. The molecular weight excluding hydrogens is 296 g/mol. The zero-order chi connectivity index (χ0) is 14.5. The number of nitrogens with one attached hydrogen (secondary N) is 1. The molecule has 0 bridgehead atoms. The van der Waals surface area contributed by atoms with E-state index in [1.54, 1.807) is 11.8 Å². The molecule has 0 unspecified atom stereocenters. The van der Waals surface area contributed by atoms with Gasteiger partial charge in [-0.05, 0) is 24.3 Å². The molecular formula is C13H15ClN4OS. The SMILES string of the molecule is CC(=O)NCCSc1nnc(-c2ccc(Cl)cc2)n1C. The predicted octanol–water partition coefficient (Wildman–Crippen LogP) is 2.36. The van der Waals surface area contributed by atoms with Crippen molar-refractivity contribution in [2.75, 3.05) is 12.3 Å².